The Morgan fingerprint density at radius 2 is 2.37 bits per heavy atom. The molecule has 19 heavy (non-hydrogen) atoms. The first-order chi connectivity index (χ1) is 9.20. The maximum Gasteiger partial charge on any atom is 0.238 e. The number of rotatable bonds is 4. The van der Waals surface area contributed by atoms with E-state index in [-0.39, 0.29) is 5.91 Å². The number of para-hydroxylation sites is 1. The van der Waals surface area contributed by atoms with E-state index in [1.165, 1.54) is 0 Å². The molecule has 0 aliphatic carbocycles. The molecule has 1 aromatic carbocycles. The number of nitriles is 1. The molecule has 1 atom stereocenters. The topological polar surface area (TPSA) is 65.4 Å². The number of benzene rings is 1. The molecule has 1 saturated heterocycles. The molecular weight excluding hydrogens is 242 g/mol. The fraction of sp³-hybridized carbons (Fsp3) is 0.429. The summed E-state index contributed by atoms with van der Waals surface area (Å²) in [6, 6.07) is 9.35. The molecule has 2 rings (SSSR count). The Hall–Kier alpha value is -1.90. The van der Waals surface area contributed by atoms with Crippen LogP contribution in [-0.2, 0) is 9.53 Å². The van der Waals surface area contributed by atoms with Gasteiger partial charge in [-0.05, 0) is 25.6 Å². The van der Waals surface area contributed by atoms with Gasteiger partial charge < -0.3 is 10.1 Å². The van der Waals surface area contributed by atoms with Crippen molar-refractivity contribution >= 4 is 11.6 Å². The summed E-state index contributed by atoms with van der Waals surface area (Å²) in [6.45, 7) is 1.74. The number of hydrogen-bond acceptors (Lipinski definition) is 4. The van der Waals surface area contributed by atoms with E-state index in [1.54, 1.807) is 24.3 Å². The predicted molar refractivity (Wildman–Crippen MR) is 71.6 cm³/mol. The molecule has 0 radical (unpaired) electrons. The molecule has 1 heterocycles. The molecule has 1 N–H and O–H groups in total. The Balaban J connectivity index is 1.92. The van der Waals surface area contributed by atoms with Crippen molar-refractivity contribution in [3.8, 4) is 6.07 Å². The maximum atomic E-state index is 11.9. The van der Waals surface area contributed by atoms with E-state index >= 15 is 0 Å². The molecule has 1 aliphatic rings. The van der Waals surface area contributed by atoms with Gasteiger partial charge in [0.25, 0.3) is 0 Å². The van der Waals surface area contributed by atoms with E-state index in [4.69, 9.17) is 10.00 Å². The number of ether oxygens (including phenoxy) is 1. The van der Waals surface area contributed by atoms with Crippen LogP contribution in [0.4, 0.5) is 5.69 Å². The van der Waals surface area contributed by atoms with Crippen molar-refractivity contribution in [3.05, 3.63) is 29.8 Å². The quantitative estimate of drug-likeness (QED) is 0.883. The Labute approximate surface area is 112 Å². The SMILES string of the molecule is CN(CC(=O)Nc1ccccc1C#N)C1CCOC1. The van der Waals surface area contributed by atoms with Gasteiger partial charge in [-0.3, -0.25) is 9.69 Å². The van der Waals surface area contributed by atoms with Gasteiger partial charge in [-0.15, -0.1) is 0 Å². The molecule has 1 aliphatic heterocycles. The highest BCUT2D eigenvalue weighted by Crippen LogP contribution is 2.14. The third-order valence-corrected chi connectivity index (χ3v) is 3.24. The molecule has 0 bridgehead atoms. The summed E-state index contributed by atoms with van der Waals surface area (Å²) in [7, 11) is 1.91. The summed E-state index contributed by atoms with van der Waals surface area (Å²) in [5.74, 6) is -0.114. The van der Waals surface area contributed by atoms with Gasteiger partial charge in [0.05, 0.1) is 24.4 Å². The molecule has 0 saturated carbocycles. The van der Waals surface area contributed by atoms with Crippen LogP contribution in [0.3, 0.4) is 0 Å². The highest BCUT2D eigenvalue weighted by atomic mass is 16.5. The van der Waals surface area contributed by atoms with Gasteiger partial charge in [-0.25, -0.2) is 0 Å². The second-order valence-corrected chi connectivity index (χ2v) is 4.64. The van der Waals surface area contributed by atoms with Gasteiger partial charge in [0, 0.05) is 12.6 Å². The lowest BCUT2D eigenvalue weighted by Crippen LogP contribution is -2.38. The van der Waals surface area contributed by atoms with Gasteiger partial charge in [-0.1, -0.05) is 12.1 Å². The maximum absolute atomic E-state index is 11.9. The van der Waals surface area contributed by atoms with E-state index < -0.39 is 0 Å². The number of amides is 1. The van der Waals surface area contributed by atoms with Crippen LogP contribution in [-0.4, -0.2) is 43.7 Å². The first-order valence-electron chi connectivity index (χ1n) is 6.27. The van der Waals surface area contributed by atoms with E-state index in [1.807, 2.05) is 11.9 Å². The van der Waals surface area contributed by atoms with Crippen molar-refractivity contribution in [2.75, 3.05) is 32.1 Å². The van der Waals surface area contributed by atoms with Crippen molar-refractivity contribution < 1.29 is 9.53 Å². The minimum atomic E-state index is -0.114. The smallest absolute Gasteiger partial charge is 0.238 e. The molecule has 1 fully saturated rings. The van der Waals surface area contributed by atoms with E-state index in [2.05, 4.69) is 11.4 Å². The average molecular weight is 259 g/mol. The molecule has 100 valence electrons. The van der Waals surface area contributed by atoms with Crippen LogP contribution in [0, 0.1) is 11.3 Å². The number of carbonyl (C=O) groups excluding carboxylic acids is 1. The zero-order valence-electron chi connectivity index (χ0n) is 10.9. The van der Waals surface area contributed by atoms with Gasteiger partial charge in [0.1, 0.15) is 6.07 Å². The van der Waals surface area contributed by atoms with Gasteiger partial charge >= 0.3 is 0 Å². The van der Waals surface area contributed by atoms with Crippen LogP contribution >= 0.6 is 0 Å². The summed E-state index contributed by atoms with van der Waals surface area (Å²) >= 11 is 0. The highest BCUT2D eigenvalue weighted by Gasteiger charge is 2.22. The number of nitrogens with one attached hydrogen (secondary N) is 1. The lowest BCUT2D eigenvalue weighted by atomic mass is 10.2. The third-order valence-electron chi connectivity index (χ3n) is 3.24. The number of nitrogens with zero attached hydrogens (tertiary/aromatic N) is 2. The minimum absolute atomic E-state index is 0.114. The first kappa shape index (κ1) is 13.5. The summed E-state index contributed by atoms with van der Waals surface area (Å²) in [4.78, 5) is 13.9. The lowest BCUT2D eigenvalue weighted by Gasteiger charge is -2.22. The Morgan fingerprint density at radius 1 is 1.58 bits per heavy atom. The molecule has 1 aromatic rings. The van der Waals surface area contributed by atoms with E-state index in [0.717, 1.165) is 13.0 Å². The van der Waals surface area contributed by atoms with E-state index in [9.17, 15) is 4.79 Å². The average Bonchev–Trinajstić information content (AvgIpc) is 2.93. The Bertz CT molecular complexity index is 490. The minimum Gasteiger partial charge on any atom is -0.380 e. The number of hydrogen-bond donors (Lipinski definition) is 1. The van der Waals surface area contributed by atoms with Crippen LogP contribution in [0.2, 0.25) is 0 Å². The van der Waals surface area contributed by atoms with Crippen LogP contribution in [0.25, 0.3) is 0 Å². The largest absolute Gasteiger partial charge is 0.380 e. The zero-order chi connectivity index (χ0) is 13.7. The molecular formula is C14H17N3O2. The van der Waals surface area contributed by atoms with Crippen molar-refractivity contribution in [1.29, 1.82) is 5.26 Å². The van der Waals surface area contributed by atoms with Crippen molar-refractivity contribution in [3.63, 3.8) is 0 Å². The standard InChI is InChI=1S/C14H17N3O2/c1-17(12-6-7-19-10-12)9-14(18)16-13-5-3-2-4-11(13)8-15/h2-5,12H,6-7,9-10H2,1H3,(H,16,18). The highest BCUT2D eigenvalue weighted by molar-refractivity contribution is 5.93. The summed E-state index contributed by atoms with van der Waals surface area (Å²) < 4.78 is 5.30. The van der Waals surface area contributed by atoms with Crippen LogP contribution < -0.4 is 5.32 Å². The Kier molecular flexibility index (Phi) is 4.50. The van der Waals surface area contributed by atoms with Crippen LogP contribution in [0.1, 0.15) is 12.0 Å². The van der Waals surface area contributed by atoms with Crippen molar-refractivity contribution in [1.82, 2.24) is 4.90 Å². The third kappa shape index (κ3) is 3.53. The molecule has 5 nitrogen and oxygen atoms in total. The monoisotopic (exact) mass is 259 g/mol. The van der Waals surface area contributed by atoms with Crippen LogP contribution in [0.5, 0.6) is 0 Å². The molecule has 1 unspecified atom stereocenters. The molecule has 0 aromatic heterocycles. The second kappa shape index (κ2) is 6.32. The lowest BCUT2D eigenvalue weighted by molar-refractivity contribution is -0.117. The van der Waals surface area contributed by atoms with Gasteiger partial charge in [0.2, 0.25) is 5.91 Å². The number of carbonyl (C=O) groups is 1. The second-order valence-electron chi connectivity index (χ2n) is 4.64. The number of anilines is 1. The summed E-state index contributed by atoms with van der Waals surface area (Å²) in [5, 5.41) is 11.7. The fourth-order valence-electron chi connectivity index (χ4n) is 2.10. The summed E-state index contributed by atoms with van der Waals surface area (Å²) in [5.41, 5.74) is 1.04. The van der Waals surface area contributed by atoms with Crippen LogP contribution in [0.15, 0.2) is 24.3 Å². The van der Waals surface area contributed by atoms with Crippen molar-refractivity contribution in [2.24, 2.45) is 0 Å². The van der Waals surface area contributed by atoms with Gasteiger partial charge in [0.15, 0.2) is 0 Å². The van der Waals surface area contributed by atoms with Gasteiger partial charge in [-0.2, -0.15) is 5.26 Å². The van der Waals surface area contributed by atoms with E-state index in [0.29, 0.717) is 30.4 Å². The first-order valence-corrected chi connectivity index (χ1v) is 6.27. The Morgan fingerprint density at radius 3 is 3.05 bits per heavy atom. The summed E-state index contributed by atoms with van der Waals surface area (Å²) in [6.07, 6.45) is 0.957. The molecule has 1 amide bonds. The zero-order valence-corrected chi connectivity index (χ0v) is 10.9. The predicted octanol–water partition coefficient (Wildman–Crippen LogP) is 1.22. The fourth-order valence-corrected chi connectivity index (χ4v) is 2.10. The normalized spacial score (nSPS) is 18.3. The van der Waals surface area contributed by atoms with Crippen molar-refractivity contribution in [2.45, 2.75) is 12.5 Å². The molecule has 0 spiro atoms. The number of likely N-dealkylation sites (N-methyl/N-ethyl adjacent to an activating group) is 1. The molecule has 5 heteroatoms.